The number of amides is 2. The SMILES string of the molecule is O=C(COc1ccc(Cl)cc1Br)NNC(=S)NC(=O)c1cc([N+](=O)[O-])cc([N+](=O)[O-])c1. The molecule has 0 bridgehead atoms. The average Bonchev–Trinajstić information content (AvgIpc) is 2.71. The molecule has 12 nitrogen and oxygen atoms in total. The highest BCUT2D eigenvalue weighted by atomic mass is 79.9. The van der Waals surface area contributed by atoms with Crippen LogP contribution in [0.3, 0.4) is 0 Å². The third-order valence-electron chi connectivity index (χ3n) is 3.38. The van der Waals surface area contributed by atoms with E-state index in [-0.39, 0.29) is 10.7 Å². The van der Waals surface area contributed by atoms with Crippen LogP contribution in [0.25, 0.3) is 0 Å². The van der Waals surface area contributed by atoms with Crippen LogP contribution < -0.4 is 20.9 Å². The van der Waals surface area contributed by atoms with E-state index in [2.05, 4.69) is 32.1 Å². The van der Waals surface area contributed by atoms with Crippen LogP contribution in [0.5, 0.6) is 5.75 Å². The smallest absolute Gasteiger partial charge is 0.277 e. The van der Waals surface area contributed by atoms with Gasteiger partial charge in [-0.15, -0.1) is 0 Å². The molecule has 2 amide bonds. The fraction of sp³-hybridized carbons (Fsp3) is 0.0625. The van der Waals surface area contributed by atoms with Crippen molar-refractivity contribution in [2.45, 2.75) is 0 Å². The van der Waals surface area contributed by atoms with Crippen molar-refractivity contribution in [2.75, 3.05) is 6.61 Å². The largest absolute Gasteiger partial charge is 0.483 e. The number of nitro benzene ring substituents is 2. The van der Waals surface area contributed by atoms with Crippen molar-refractivity contribution in [3.05, 3.63) is 71.7 Å². The van der Waals surface area contributed by atoms with Gasteiger partial charge in [0, 0.05) is 17.2 Å². The summed E-state index contributed by atoms with van der Waals surface area (Å²) in [6.07, 6.45) is 0. The van der Waals surface area contributed by atoms with E-state index in [1.807, 2.05) is 0 Å². The first-order chi connectivity index (χ1) is 14.6. The van der Waals surface area contributed by atoms with Gasteiger partial charge in [0.1, 0.15) is 5.75 Å². The third kappa shape index (κ3) is 7.13. The van der Waals surface area contributed by atoms with Gasteiger partial charge in [-0.2, -0.15) is 0 Å². The molecule has 0 fully saturated rings. The first-order valence-electron chi connectivity index (χ1n) is 7.98. The third-order valence-corrected chi connectivity index (χ3v) is 4.44. The molecule has 0 heterocycles. The predicted octanol–water partition coefficient (Wildman–Crippen LogP) is 2.63. The Labute approximate surface area is 192 Å². The van der Waals surface area contributed by atoms with Gasteiger partial charge >= 0.3 is 0 Å². The van der Waals surface area contributed by atoms with Gasteiger partial charge in [0.2, 0.25) is 0 Å². The lowest BCUT2D eigenvalue weighted by Gasteiger charge is -2.12. The maximum Gasteiger partial charge on any atom is 0.277 e. The number of hydrogen-bond acceptors (Lipinski definition) is 8. The van der Waals surface area contributed by atoms with E-state index in [4.69, 9.17) is 28.6 Å². The number of halogens is 2. The summed E-state index contributed by atoms with van der Waals surface area (Å²) in [5.74, 6) is -1.24. The van der Waals surface area contributed by atoms with E-state index >= 15 is 0 Å². The Morgan fingerprint density at radius 3 is 2.23 bits per heavy atom. The molecule has 2 aromatic rings. The van der Waals surface area contributed by atoms with Crippen LogP contribution in [0.1, 0.15) is 10.4 Å². The molecule has 15 heteroatoms. The Bertz CT molecular complexity index is 1050. The fourth-order valence-corrected chi connectivity index (χ4v) is 2.98. The number of carbonyl (C=O) groups is 2. The highest BCUT2D eigenvalue weighted by Crippen LogP contribution is 2.27. The summed E-state index contributed by atoms with van der Waals surface area (Å²) in [7, 11) is 0. The summed E-state index contributed by atoms with van der Waals surface area (Å²) in [6, 6.07) is 7.11. The van der Waals surface area contributed by atoms with E-state index in [1.165, 1.54) is 0 Å². The van der Waals surface area contributed by atoms with Crippen molar-refractivity contribution in [1.82, 2.24) is 16.2 Å². The van der Waals surface area contributed by atoms with E-state index in [9.17, 15) is 29.8 Å². The van der Waals surface area contributed by atoms with E-state index < -0.39 is 39.6 Å². The number of nitrogens with zero attached hydrogens (tertiary/aromatic N) is 2. The molecule has 2 rings (SSSR count). The van der Waals surface area contributed by atoms with Crippen LogP contribution in [0.4, 0.5) is 11.4 Å². The number of non-ortho nitro benzene ring substituents is 2. The minimum atomic E-state index is -0.958. The van der Waals surface area contributed by atoms with Gasteiger partial charge in [-0.05, 0) is 46.3 Å². The zero-order chi connectivity index (χ0) is 23.1. The van der Waals surface area contributed by atoms with Crippen LogP contribution in [0.2, 0.25) is 5.02 Å². The molecule has 162 valence electrons. The van der Waals surface area contributed by atoms with Crippen LogP contribution in [0, 0.1) is 20.2 Å². The Kier molecular flexibility index (Phi) is 8.18. The van der Waals surface area contributed by atoms with Crippen LogP contribution in [0.15, 0.2) is 40.9 Å². The first kappa shape index (κ1) is 23.9. The molecule has 0 aliphatic carbocycles. The maximum atomic E-state index is 12.2. The Morgan fingerprint density at radius 1 is 1.06 bits per heavy atom. The lowest BCUT2D eigenvalue weighted by atomic mass is 10.1. The molecule has 0 radical (unpaired) electrons. The second-order valence-corrected chi connectivity index (χ2v) is 7.27. The van der Waals surface area contributed by atoms with Gasteiger partial charge in [0.15, 0.2) is 11.7 Å². The molecule has 0 saturated heterocycles. The summed E-state index contributed by atoms with van der Waals surface area (Å²) >= 11 is 13.9. The van der Waals surface area contributed by atoms with Gasteiger partial charge in [-0.1, -0.05) is 11.6 Å². The molecule has 3 N–H and O–H groups in total. The van der Waals surface area contributed by atoms with Crippen molar-refractivity contribution >= 4 is 68.1 Å². The molecule has 0 aromatic heterocycles. The standard InChI is InChI=1S/C16H11BrClN5O7S/c17-12-5-9(18)1-2-13(12)30-7-14(24)20-21-16(31)19-15(25)8-3-10(22(26)27)6-11(4-8)23(28)29/h1-6H,7H2,(H,20,24)(H2,19,21,25,31). The average molecular weight is 533 g/mol. The topological polar surface area (TPSA) is 166 Å². The summed E-state index contributed by atoms with van der Waals surface area (Å²) in [6.45, 7) is -0.402. The zero-order valence-corrected chi connectivity index (χ0v) is 18.2. The highest BCUT2D eigenvalue weighted by Gasteiger charge is 2.20. The summed E-state index contributed by atoms with van der Waals surface area (Å²) < 4.78 is 5.83. The van der Waals surface area contributed by atoms with E-state index in [0.29, 0.717) is 21.3 Å². The maximum absolute atomic E-state index is 12.2. The summed E-state index contributed by atoms with van der Waals surface area (Å²) in [5.41, 5.74) is 2.76. The quantitative estimate of drug-likeness (QED) is 0.288. The van der Waals surface area contributed by atoms with Gasteiger partial charge in [0.25, 0.3) is 23.2 Å². The predicted molar refractivity (Wildman–Crippen MR) is 116 cm³/mol. The molecule has 0 unspecified atom stereocenters. The Balaban J connectivity index is 1.90. The molecule has 31 heavy (non-hydrogen) atoms. The first-order valence-corrected chi connectivity index (χ1v) is 9.56. The van der Waals surface area contributed by atoms with Crippen LogP contribution in [-0.2, 0) is 4.79 Å². The van der Waals surface area contributed by atoms with Gasteiger partial charge in [-0.25, -0.2) is 0 Å². The van der Waals surface area contributed by atoms with Crippen molar-refractivity contribution in [3.63, 3.8) is 0 Å². The molecule has 0 aliphatic rings. The van der Waals surface area contributed by atoms with Crippen molar-refractivity contribution in [1.29, 1.82) is 0 Å². The number of hydrogen-bond donors (Lipinski definition) is 3. The van der Waals surface area contributed by atoms with Crippen molar-refractivity contribution in [3.8, 4) is 5.75 Å². The second kappa shape index (κ2) is 10.6. The van der Waals surface area contributed by atoms with Crippen molar-refractivity contribution in [2.24, 2.45) is 0 Å². The number of nitro groups is 2. The lowest BCUT2D eigenvalue weighted by molar-refractivity contribution is -0.394. The normalized spacial score (nSPS) is 10.0. The number of hydrazine groups is 1. The molecule has 0 atom stereocenters. The summed E-state index contributed by atoms with van der Waals surface area (Å²) in [5, 5.41) is 24.0. The van der Waals surface area contributed by atoms with Gasteiger partial charge in [0.05, 0.1) is 25.9 Å². The number of benzene rings is 2. The number of nitrogens with one attached hydrogen (secondary N) is 3. The molecular formula is C16H11BrClN5O7S. The van der Waals surface area contributed by atoms with Gasteiger partial charge < -0.3 is 4.74 Å². The molecule has 0 saturated carbocycles. The minimum absolute atomic E-state index is 0.361. The summed E-state index contributed by atoms with van der Waals surface area (Å²) in [4.78, 5) is 44.1. The Hall–Kier alpha value is -3.36. The minimum Gasteiger partial charge on any atom is -0.483 e. The monoisotopic (exact) mass is 531 g/mol. The fourth-order valence-electron chi connectivity index (χ4n) is 2.04. The van der Waals surface area contributed by atoms with Crippen LogP contribution in [-0.4, -0.2) is 33.4 Å². The molecule has 2 aromatic carbocycles. The highest BCUT2D eigenvalue weighted by molar-refractivity contribution is 9.10. The Morgan fingerprint density at radius 2 is 1.68 bits per heavy atom. The molecule has 0 aliphatic heterocycles. The number of ether oxygens (including phenoxy) is 1. The van der Waals surface area contributed by atoms with E-state index in [1.54, 1.807) is 18.2 Å². The lowest BCUT2D eigenvalue weighted by Crippen LogP contribution is -2.49. The molecular weight excluding hydrogens is 522 g/mol. The van der Waals surface area contributed by atoms with E-state index in [0.717, 1.165) is 12.1 Å². The second-order valence-electron chi connectivity index (χ2n) is 5.57. The number of carbonyl (C=O) groups excluding carboxylic acids is 2. The van der Waals surface area contributed by atoms with Crippen molar-refractivity contribution < 1.29 is 24.2 Å². The number of thiocarbonyl (C=S) groups is 1. The number of rotatable bonds is 6. The zero-order valence-electron chi connectivity index (χ0n) is 15.1. The van der Waals surface area contributed by atoms with Gasteiger partial charge in [-0.3, -0.25) is 46.0 Å². The molecule has 0 spiro atoms. The van der Waals surface area contributed by atoms with Crippen LogP contribution >= 0.6 is 39.7 Å².